The minimum absolute atomic E-state index is 0.0224. The van der Waals surface area contributed by atoms with Crippen molar-refractivity contribution in [2.75, 3.05) is 60.2 Å². The Morgan fingerprint density at radius 1 is 0.890 bits per heavy atom. The Kier molecular flexibility index (Phi) is 17.6. The molecular formula is C53H68N6O23. The van der Waals surface area contributed by atoms with E-state index in [0.29, 0.717) is 18.1 Å². The molecule has 2 aromatic carbocycles. The highest BCUT2D eigenvalue weighted by atomic mass is 16.7. The lowest BCUT2D eigenvalue weighted by Crippen LogP contribution is -2.61. The highest BCUT2D eigenvalue weighted by Crippen LogP contribution is 2.53. The zero-order valence-electron chi connectivity index (χ0n) is 46.3. The number of nitrogens with zero attached hydrogens (tertiary/aromatic N) is 2. The summed E-state index contributed by atoms with van der Waals surface area (Å²) >= 11 is 0. The number of likely N-dealkylation sites (tertiary alicyclic amines) is 1. The van der Waals surface area contributed by atoms with Crippen molar-refractivity contribution in [2.45, 2.75) is 144 Å². The van der Waals surface area contributed by atoms with Gasteiger partial charge in [-0.05, 0) is 18.9 Å². The van der Waals surface area contributed by atoms with Crippen LogP contribution in [0.3, 0.4) is 0 Å². The lowest BCUT2D eigenvalue weighted by molar-refractivity contribution is -0.301. The second-order valence-electron chi connectivity index (χ2n) is 21.3. The predicted octanol–water partition coefficient (Wildman–Crippen LogP) is -4.03. The van der Waals surface area contributed by atoms with Crippen LogP contribution in [0.25, 0.3) is 0 Å². The van der Waals surface area contributed by atoms with Gasteiger partial charge in [-0.25, -0.2) is 0 Å². The van der Waals surface area contributed by atoms with Crippen molar-refractivity contribution in [1.82, 2.24) is 31.1 Å². The number of aliphatic hydroxyl groups is 5. The van der Waals surface area contributed by atoms with Crippen LogP contribution >= 0.6 is 0 Å². The van der Waals surface area contributed by atoms with E-state index in [1.54, 1.807) is 6.92 Å². The van der Waals surface area contributed by atoms with Crippen LogP contribution in [0.4, 0.5) is 0 Å². The summed E-state index contributed by atoms with van der Waals surface area (Å²) in [5, 5.41) is 87.7. The molecular weight excluding hydrogens is 1090 g/mol. The van der Waals surface area contributed by atoms with E-state index in [-0.39, 0.29) is 40.5 Å². The number of aromatic hydroxyl groups is 2. The molecule has 16 atom stereocenters. The van der Waals surface area contributed by atoms with Gasteiger partial charge in [0.1, 0.15) is 72.0 Å². The molecule has 448 valence electrons. The molecule has 1 unspecified atom stereocenters. The lowest BCUT2D eigenvalue weighted by Gasteiger charge is -2.43. The summed E-state index contributed by atoms with van der Waals surface area (Å²) in [6.45, 7) is 2.26. The summed E-state index contributed by atoms with van der Waals surface area (Å²) in [4.78, 5) is 111. The lowest BCUT2D eigenvalue weighted by atomic mass is 9.72. The fourth-order valence-electron chi connectivity index (χ4n) is 11.6. The monoisotopic (exact) mass is 1160 g/mol. The molecule has 0 saturated carbocycles. The average molecular weight is 1160 g/mol. The number of carbonyl (C=O) groups excluding carboxylic acids is 8. The minimum Gasteiger partial charge on any atom is -0.507 e. The number of hydrogen-bond donors (Lipinski definition) is 11. The fraction of sp³-hybridized carbons (Fsp3) is 0.623. The summed E-state index contributed by atoms with van der Waals surface area (Å²) in [6, 6.07) is 0.770. The topological polar surface area (TPSA) is 407 Å². The second-order valence-corrected chi connectivity index (χ2v) is 21.3. The fourth-order valence-corrected chi connectivity index (χ4v) is 11.6. The Hall–Kier alpha value is -6.32. The normalized spacial score (nSPS) is 32.4. The first-order valence-corrected chi connectivity index (χ1v) is 26.7. The molecule has 29 heteroatoms. The highest BCUT2D eigenvalue weighted by molar-refractivity contribution is 6.31. The molecule has 5 aliphatic heterocycles. The average Bonchev–Trinajstić information content (AvgIpc) is 1.63. The number of fused-ring (bicyclic) bond motifs is 6. The van der Waals surface area contributed by atoms with Crippen LogP contribution in [0.2, 0.25) is 0 Å². The Morgan fingerprint density at radius 3 is 2.30 bits per heavy atom. The van der Waals surface area contributed by atoms with E-state index in [2.05, 4.69) is 26.2 Å². The number of nitrogens with one attached hydrogen (secondary N) is 4. The first-order valence-electron chi connectivity index (χ1n) is 27.3. The molecule has 0 radical (unpaired) electrons. The minimum atomic E-state index is -2.52. The van der Waals surface area contributed by atoms with Gasteiger partial charge in [-0.1, -0.05) is 26.0 Å². The maximum absolute atomic E-state index is 14.4. The van der Waals surface area contributed by atoms with Gasteiger partial charge in [-0.3, -0.25) is 48.2 Å². The van der Waals surface area contributed by atoms with Crippen molar-refractivity contribution < 1.29 is 113 Å². The van der Waals surface area contributed by atoms with E-state index in [4.69, 9.17) is 39.3 Å². The van der Waals surface area contributed by atoms with Crippen molar-refractivity contribution in [3.8, 4) is 17.2 Å². The van der Waals surface area contributed by atoms with Crippen LogP contribution in [0, 0.1) is 5.92 Å². The summed E-state index contributed by atoms with van der Waals surface area (Å²) in [7, 11) is 2.78. The van der Waals surface area contributed by atoms with Gasteiger partial charge in [0.15, 0.2) is 30.9 Å². The number of hydrogen-bond acceptors (Lipinski definition) is 24. The number of ketones is 2. The number of aliphatic hydroxyl groups excluding tert-OH is 4. The summed E-state index contributed by atoms with van der Waals surface area (Å²) in [5.41, 5.74) is -4.48. The summed E-state index contributed by atoms with van der Waals surface area (Å²) in [5.74, 6) is -9.68. The molecule has 0 aromatic heterocycles. The number of imide groups is 1. The first-order chi connectivity index (χ1) is 39.4. The Labute approximate surface area is 469 Å². The van der Waals surface area contributed by atoms with E-state index >= 15 is 0 Å². The number of morpholine rings is 1. The number of methoxy groups -OCH3 is 2. The number of phenols is 2. The van der Waals surface area contributed by atoms with Crippen LogP contribution in [0.5, 0.6) is 17.2 Å². The molecule has 82 heavy (non-hydrogen) atoms. The van der Waals surface area contributed by atoms with E-state index in [9.17, 15) is 74.1 Å². The number of phenolic OH excluding ortho intramolecular Hbond substituents is 2. The Balaban J connectivity index is 0.934. The van der Waals surface area contributed by atoms with Crippen LogP contribution in [-0.4, -0.2) is 238 Å². The Bertz CT molecular complexity index is 2900. The molecule has 5 fully saturated rings. The van der Waals surface area contributed by atoms with Crippen molar-refractivity contribution in [1.29, 1.82) is 0 Å². The third-order valence-corrected chi connectivity index (χ3v) is 15.8. The molecule has 0 spiro atoms. The third-order valence-electron chi connectivity index (χ3n) is 15.8. The standard InChI is InChI=1S/C53H68N6O23/c1-21(2)38(57-30(61)18-59-31(62)9-10-32(59)63)48(72)56-25(20-78-50-45(70)44(69)41(66)29(19-60)81-50)47(71)54-11-12-55-52(73)53(74)16-24-35(43(68)37-36(40(24)65)39(64)23-7-6-8-27(75-4)34(23)42(37)67)28(17-53)80-33-15-26-46(22(3)79-33)82-49-51(76-5)77-14-13-58(26)49/h6-8,21-22,25-26,28-29,33,38,41,44-46,49-51,60,65-66,68-70,74H,9-20H2,1-5H3,(H,54,71)(H,55,73)(H,56,72)(H,57,61)/t22-,25-,26-,28-,29+,33+,38-,41+,44-,45+,46+,49+,50+,51-,53-/m0/s1/i9T/t9?,22-,25-,26-,28-,29+,33+,38-,41+,44-,45+,46+,49+,50+,51-,53-. The van der Waals surface area contributed by atoms with Crippen LogP contribution < -0.4 is 26.0 Å². The van der Waals surface area contributed by atoms with Gasteiger partial charge in [0, 0.05) is 82.9 Å². The van der Waals surface area contributed by atoms with Gasteiger partial charge < -0.3 is 94.9 Å². The van der Waals surface area contributed by atoms with Crippen LogP contribution in [0.15, 0.2) is 18.2 Å². The third kappa shape index (κ3) is 11.4. The van der Waals surface area contributed by atoms with E-state index in [1.165, 1.54) is 46.3 Å². The van der Waals surface area contributed by atoms with Crippen molar-refractivity contribution in [2.24, 2.45) is 5.92 Å². The van der Waals surface area contributed by atoms with Gasteiger partial charge in [-0.15, -0.1) is 0 Å². The molecule has 0 bridgehead atoms. The van der Waals surface area contributed by atoms with Crippen LogP contribution in [-0.2, 0) is 68.3 Å². The van der Waals surface area contributed by atoms with Crippen molar-refractivity contribution in [3.05, 3.63) is 51.6 Å². The maximum atomic E-state index is 14.4. The Morgan fingerprint density at radius 2 is 1.62 bits per heavy atom. The van der Waals surface area contributed by atoms with Crippen molar-refractivity contribution in [3.63, 3.8) is 0 Å². The number of carbonyl (C=O) groups is 8. The molecule has 29 nitrogen and oxygen atoms in total. The van der Waals surface area contributed by atoms with Gasteiger partial charge in [0.2, 0.25) is 35.3 Å². The van der Waals surface area contributed by atoms with Crippen molar-refractivity contribution >= 4 is 47.0 Å². The first kappa shape index (κ1) is 58.9. The molecule has 2 aromatic rings. The molecule has 6 amide bonds. The van der Waals surface area contributed by atoms with E-state index < -0.39 is 220 Å². The van der Waals surface area contributed by atoms with Crippen LogP contribution in [0.1, 0.15) is 96.9 Å². The van der Waals surface area contributed by atoms with Gasteiger partial charge in [0.05, 0.1) is 55.8 Å². The molecule has 5 saturated heterocycles. The van der Waals surface area contributed by atoms with E-state index in [1.807, 2.05) is 0 Å². The number of ether oxygens (including phenoxy) is 8. The van der Waals surface area contributed by atoms with Gasteiger partial charge in [-0.2, -0.15) is 0 Å². The smallest absolute Gasteiger partial charge is 0.252 e. The zero-order chi connectivity index (χ0) is 60.1. The van der Waals surface area contributed by atoms with Gasteiger partial charge >= 0.3 is 0 Å². The molecule has 5 heterocycles. The van der Waals surface area contributed by atoms with Gasteiger partial charge in [0.25, 0.3) is 5.91 Å². The SMILES string of the molecule is [3H]C1CC(=O)N(CC(=O)N[C@H](C(=O)N[C@@H](CO[C@@H]2O[C@H](CO)[C@@H](O)[C@H](O)[C@H]2O)C(=O)NCCNC(=O)[C@]2(O)Cc3c(O)c4c(c(O)c3[C@@H](O[C@@H]3C[C@H]5[C@H](O[C@@H]6[C@@H](OC)OCCN65)[C@H](C)O3)C2)C(=O)c2c(OC)cccc2C4=O)C(C)C)C1=O. The number of amides is 6. The highest BCUT2D eigenvalue weighted by Gasteiger charge is 2.56. The molecule has 2 aliphatic carbocycles. The number of benzene rings is 2. The zero-order valence-corrected chi connectivity index (χ0v) is 45.3. The summed E-state index contributed by atoms with van der Waals surface area (Å²) < 4.78 is 54.7. The second kappa shape index (κ2) is 24.5. The molecule has 7 aliphatic rings. The quantitative estimate of drug-likeness (QED) is 0.0309. The summed E-state index contributed by atoms with van der Waals surface area (Å²) in [6.07, 6.45) is -16.9. The number of rotatable bonds is 19. The largest absolute Gasteiger partial charge is 0.507 e. The maximum Gasteiger partial charge on any atom is 0.252 e. The van der Waals surface area contributed by atoms with E-state index in [0.717, 1.165) is 0 Å². The predicted molar refractivity (Wildman–Crippen MR) is 272 cm³/mol. The molecule has 11 N–H and O–H groups in total. The molecule has 9 rings (SSSR count).